The fraction of sp³-hybridized carbons (Fsp3) is 0.346. The van der Waals surface area contributed by atoms with E-state index in [0.29, 0.717) is 5.69 Å². The molecule has 3 fully saturated rings. The standard InChI is InChI=1S/C26H22N2O4S2/c1-11-6-8-12(9-7-11)28-24(30)19-14-10-15(20(19)25(28)31)21-18(14)17(13-4-2-3-5-16(13)29)22-23(33-21)27-26(32)34-22/h2-9,14-15,17-21,29H,10H2,1H3,(H,27,32)/t14-,15-,17-,18+,19+,20-,21+/m1/s1. The van der Waals surface area contributed by atoms with Crippen LogP contribution in [0.1, 0.15) is 28.3 Å². The zero-order valence-electron chi connectivity index (χ0n) is 18.3. The summed E-state index contributed by atoms with van der Waals surface area (Å²) < 4.78 is 0. The van der Waals surface area contributed by atoms with Gasteiger partial charge in [0.15, 0.2) is 0 Å². The number of carbonyl (C=O) groups is 2. The van der Waals surface area contributed by atoms with E-state index in [1.165, 1.54) is 16.2 Å². The first-order chi connectivity index (χ1) is 16.4. The number of phenolic OH excluding ortho intramolecular Hbond substituents is 1. The molecule has 2 aromatic carbocycles. The zero-order chi connectivity index (χ0) is 23.3. The van der Waals surface area contributed by atoms with Gasteiger partial charge >= 0.3 is 4.87 Å². The Morgan fingerprint density at radius 2 is 1.68 bits per heavy atom. The van der Waals surface area contributed by atoms with Gasteiger partial charge in [-0.3, -0.25) is 19.3 Å². The van der Waals surface area contributed by atoms with Crippen molar-refractivity contribution < 1.29 is 14.7 Å². The number of rotatable bonds is 2. The van der Waals surface area contributed by atoms with Crippen LogP contribution in [0.3, 0.4) is 0 Å². The van der Waals surface area contributed by atoms with Crippen LogP contribution in [0.25, 0.3) is 0 Å². The van der Waals surface area contributed by atoms with E-state index in [2.05, 4.69) is 4.98 Å². The topological polar surface area (TPSA) is 90.5 Å². The van der Waals surface area contributed by atoms with Gasteiger partial charge in [-0.1, -0.05) is 47.2 Å². The summed E-state index contributed by atoms with van der Waals surface area (Å²) in [6, 6.07) is 14.9. The molecule has 2 aliphatic heterocycles. The third-order valence-electron chi connectivity index (χ3n) is 8.29. The zero-order valence-corrected chi connectivity index (χ0v) is 19.9. The number of nitrogens with one attached hydrogen (secondary N) is 1. The molecule has 2 bridgehead atoms. The summed E-state index contributed by atoms with van der Waals surface area (Å²) in [5.41, 5.74) is 2.52. The monoisotopic (exact) mass is 490 g/mol. The summed E-state index contributed by atoms with van der Waals surface area (Å²) in [5, 5.41) is 11.7. The van der Waals surface area contributed by atoms with Gasteiger partial charge in [0.05, 0.1) is 22.5 Å². The molecule has 6 nitrogen and oxygen atoms in total. The Morgan fingerprint density at radius 1 is 0.971 bits per heavy atom. The Balaban J connectivity index is 1.34. The molecule has 3 aromatic rings. The van der Waals surface area contributed by atoms with Gasteiger partial charge in [0, 0.05) is 21.6 Å². The number of hydrogen-bond acceptors (Lipinski definition) is 6. The van der Waals surface area contributed by atoms with Crippen molar-refractivity contribution in [2.45, 2.75) is 29.5 Å². The minimum atomic E-state index is -0.341. The first-order valence-electron chi connectivity index (χ1n) is 11.6. The van der Waals surface area contributed by atoms with Crippen molar-refractivity contribution in [2.75, 3.05) is 4.90 Å². The highest BCUT2D eigenvalue weighted by atomic mass is 32.2. The highest BCUT2D eigenvalue weighted by Crippen LogP contribution is 2.69. The molecule has 2 amide bonds. The molecule has 2 aliphatic carbocycles. The van der Waals surface area contributed by atoms with Crippen molar-refractivity contribution >= 4 is 40.6 Å². The van der Waals surface area contributed by atoms with Crippen LogP contribution in [0.5, 0.6) is 5.75 Å². The second-order valence-corrected chi connectivity index (χ2v) is 12.1. The van der Waals surface area contributed by atoms with Crippen LogP contribution >= 0.6 is 23.1 Å². The number of thioether (sulfide) groups is 1. The molecule has 172 valence electrons. The Kier molecular flexibility index (Phi) is 4.28. The number of benzene rings is 2. The van der Waals surface area contributed by atoms with Crippen molar-refractivity contribution in [3.05, 3.63) is 74.2 Å². The van der Waals surface area contributed by atoms with E-state index in [0.717, 1.165) is 27.5 Å². The molecule has 0 unspecified atom stereocenters. The van der Waals surface area contributed by atoms with Gasteiger partial charge in [-0.05, 0) is 49.3 Å². The van der Waals surface area contributed by atoms with E-state index in [-0.39, 0.29) is 63.2 Å². The van der Waals surface area contributed by atoms with Gasteiger partial charge in [-0.25, -0.2) is 0 Å². The number of carbonyl (C=O) groups excluding carboxylic acids is 2. The maximum absolute atomic E-state index is 13.7. The van der Waals surface area contributed by atoms with Gasteiger partial charge in [0.1, 0.15) is 5.75 Å². The number of phenols is 1. The number of aromatic nitrogens is 1. The van der Waals surface area contributed by atoms with Gasteiger partial charge in [-0.2, -0.15) is 0 Å². The molecule has 2 N–H and O–H groups in total. The number of H-pyrrole nitrogens is 1. The summed E-state index contributed by atoms with van der Waals surface area (Å²) >= 11 is 2.86. The second kappa shape index (κ2) is 7.09. The Morgan fingerprint density at radius 3 is 2.41 bits per heavy atom. The van der Waals surface area contributed by atoms with Crippen molar-refractivity contribution in [1.82, 2.24) is 4.98 Å². The van der Waals surface area contributed by atoms with E-state index >= 15 is 0 Å². The number of imide groups is 1. The predicted molar refractivity (Wildman–Crippen MR) is 130 cm³/mol. The highest BCUT2D eigenvalue weighted by molar-refractivity contribution is 8.00. The molecule has 0 radical (unpaired) electrons. The summed E-state index contributed by atoms with van der Waals surface area (Å²) in [6.45, 7) is 1.98. The van der Waals surface area contributed by atoms with Crippen LogP contribution in [0.4, 0.5) is 5.69 Å². The van der Waals surface area contributed by atoms with E-state index < -0.39 is 0 Å². The molecule has 7 rings (SSSR count). The molecule has 0 spiro atoms. The minimum absolute atomic E-state index is 0.0364. The van der Waals surface area contributed by atoms with Crippen molar-refractivity contribution in [3.8, 4) is 5.75 Å². The quantitative estimate of drug-likeness (QED) is 0.527. The molecule has 1 aromatic heterocycles. The number of nitrogens with zero attached hydrogens (tertiary/aromatic N) is 1. The number of aromatic amines is 1. The fourth-order valence-electron chi connectivity index (χ4n) is 7.06. The smallest absolute Gasteiger partial charge is 0.305 e. The van der Waals surface area contributed by atoms with Crippen LogP contribution in [-0.2, 0) is 9.59 Å². The summed E-state index contributed by atoms with van der Waals surface area (Å²) in [4.78, 5) is 44.8. The maximum atomic E-state index is 13.7. The number of para-hydroxylation sites is 1. The van der Waals surface area contributed by atoms with E-state index in [1.54, 1.807) is 23.9 Å². The molecule has 8 heteroatoms. The third-order valence-corrected chi connectivity index (χ3v) is 10.9. The van der Waals surface area contributed by atoms with Crippen LogP contribution in [0.2, 0.25) is 0 Å². The number of aryl methyl sites for hydroxylation is 1. The van der Waals surface area contributed by atoms with Gasteiger partial charge in [0.25, 0.3) is 0 Å². The Hall–Kier alpha value is -2.84. The molecule has 3 heterocycles. The lowest BCUT2D eigenvalue weighted by atomic mass is 9.68. The molecule has 4 aliphatic rings. The number of thiazole rings is 1. The molecule has 34 heavy (non-hydrogen) atoms. The molecule has 1 saturated heterocycles. The number of aromatic hydroxyl groups is 1. The molecular formula is C26H22N2O4S2. The van der Waals surface area contributed by atoms with Crippen LogP contribution in [0.15, 0.2) is 58.4 Å². The van der Waals surface area contributed by atoms with Crippen molar-refractivity contribution in [3.63, 3.8) is 0 Å². The number of hydrogen-bond donors (Lipinski definition) is 2. The van der Waals surface area contributed by atoms with Crippen LogP contribution in [-0.4, -0.2) is 27.2 Å². The van der Waals surface area contributed by atoms with Crippen LogP contribution in [0, 0.1) is 36.5 Å². The number of anilines is 1. The average Bonchev–Trinajstić information content (AvgIpc) is 3.54. The first kappa shape index (κ1) is 20.5. The SMILES string of the molecule is Cc1ccc(N2C(=O)[C@@H]3[C@H]4C[C@@H]([C@@H]3C2=O)[C@H]2[C@@H](c3ccccc3O)c3sc(=O)[nH]c3S[C@@H]42)cc1. The molecule has 2 saturated carbocycles. The normalized spacial score (nSPS) is 33.2. The largest absolute Gasteiger partial charge is 0.508 e. The Bertz CT molecular complexity index is 1410. The van der Waals surface area contributed by atoms with E-state index in [4.69, 9.17) is 0 Å². The van der Waals surface area contributed by atoms with Gasteiger partial charge in [-0.15, -0.1) is 11.8 Å². The first-order valence-corrected chi connectivity index (χ1v) is 13.3. The maximum Gasteiger partial charge on any atom is 0.305 e. The van der Waals surface area contributed by atoms with Gasteiger partial charge in [0.2, 0.25) is 11.8 Å². The molecule has 7 atom stereocenters. The highest BCUT2D eigenvalue weighted by Gasteiger charge is 2.69. The van der Waals surface area contributed by atoms with E-state index in [1.807, 2.05) is 43.3 Å². The van der Waals surface area contributed by atoms with Crippen molar-refractivity contribution in [2.24, 2.45) is 29.6 Å². The van der Waals surface area contributed by atoms with Gasteiger partial charge < -0.3 is 10.1 Å². The Labute approximate surface area is 204 Å². The molecular weight excluding hydrogens is 468 g/mol. The lowest BCUT2D eigenvalue weighted by molar-refractivity contribution is -0.123. The van der Waals surface area contributed by atoms with E-state index in [9.17, 15) is 19.5 Å². The summed E-state index contributed by atoms with van der Waals surface area (Å²) in [5.74, 6) is -0.615. The summed E-state index contributed by atoms with van der Waals surface area (Å²) in [7, 11) is 0. The van der Waals surface area contributed by atoms with Crippen molar-refractivity contribution in [1.29, 1.82) is 0 Å². The third kappa shape index (κ3) is 2.61. The summed E-state index contributed by atoms with van der Waals surface area (Å²) in [6.07, 6.45) is 0.833. The number of fused-ring (bicyclic) bond motifs is 9. The minimum Gasteiger partial charge on any atom is -0.508 e. The average molecular weight is 491 g/mol. The predicted octanol–water partition coefficient (Wildman–Crippen LogP) is 4.13. The fourth-order valence-corrected chi connectivity index (χ4v) is 9.94. The number of amides is 2. The lowest BCUT2D eigenvalue weighted by Crippen LogP contribution is -2.42. The lowest BCUT2D eigenvalue weighted by Gasteiger charge is -2.43. The second-order valence-electron chi connectivity index (χ2n) is 9.87. The van der Waals surface area contributed by atoms with Crippen LogP contribution < -0.4 is 9.77 Å².